The van der Waals surface area contributed by atoms with E-state index in [1.165, 1.54) is 0 Å². The standard InChI is InChI=1S/C17H26BrFN2/c1-5-17(6-2)11-20-16(3,4)12-21(17)10-13-7-8-15(19)14(18)9-13/h7-9,20H,5-6,10-12H2,1-4H3. The molecule has 21 heavy (non-hydrogen) atoms. The van der Waals surface area contributed by atoms with Crippen LogP contribution in [0, 0.1) is 5.82 Å². The number of nitrogens with zero attached hydrogens (tertiary/aromatic N) is 1. The van der Waals surface area contributed by atoms with Gasteiger partial charge in [0.25, 0.3) is 0 Å². The fourth-order valence-electron chi connectivity index (χ4n) is 3.25. The molecule has 118 valence electrons. The molecule has 1 aromatic carbocycles. The van der Waals surface area contributed by atoms with Crippen LogP contribution in [0.1, 0.15) is 46.1 Å². The highest BCUT2D eigenvalue weighted by molar-refractivity contribution is 9.10. The molecule has 1 aliphatic rings. The van der Waals surface area contributed by atoms with Gasteiger partial charge in [-0.05, 0) is 60.3 Å². The van der Waals surface area contributed by atoms with E-state index in [9.17, 15) is 4.39 Å². The summed E-state index contributed by atoms with van der Waals surface area (Å²) in [6.45, 7) is 11.9. The summed E-state index contributed by atoms with van der Waals surface area (Å²) in [5.41, 5.74) is 1.47. The van der Waals surface area contributed by atoms with Crippen molar-refractivity contribution in [1.29, 1.82) is 0 Å². The van der Waals surface area contributed by atoms with Crippen molar-refractivity contribution in [2.75, 3.05) is 13.1 Å². The normalized spacial score (nSPS) is 21.4. The van der Waals surface area contributed by atoms with Gasteiger partial charge in [-0.1, -0.05) is 19.9 Å². The zero-order chi connectivity index (χ0) is 15.7. The molecule has 0 spiro atoms. The maximum absolute atomic E-state index is 13.4. The second-order valence-corrected chi connectivity index (χ2v) is 7.63. The first-order chi connectivity index (χ1) is 9.82. The Bertz CT molecular complexity index is 498. The lowest BCUT2D eigenvalue weighted by atomic mass is 9.84. The number of hydrogen-bond acceptors (Lipinski definition) is 2. The summed E-state index contributed by atoms with van der Waals surface area (Å²) in [5.74, 6) is -0.198. The largest absolute Gasteiger partial charge is 0.309 e. The smallest absolute Gasteiger partial charge is 0.137 e. The van der Waals surface area contributed by atoms with E-state index in [1.54, 1.807) is 6.07 Å². The second kappa shape index (κ2) is 6.35. The van der Waals surface area contributed by atoms with Crippen molar-refractivity contribution in [1.82, 2.24) is 10.2 Å². The van der Waals surface area contributed by atoms with Crippen LogP contribution in [0.15, 0.2) is 22.7 Å². The van der Waals surface area contributed by atoms with Crippen molar-refractivity contribution >= 4 is 15.9 Å². The molecule has 4 heteroatoms. The Kier molecular flexibility index (Phi) is 5.11. The van der Waals surface area contributed by atoms with E-state index in [0.717, 1.165) is 38.0 Å². The number of benzene rings is 1. The molecule has 2 nitrogen and oxygen atoms in total. The molecule has 0 aromatic heterocycles. The van der Waals surface area contributed by atoms with Crippen molar-refractivity contribution < 1.29 is 4.39 Å². The Balaban J connectivity index is 2.25. The Morgan fingerprint density at radius 1 is 1.29 bits per heavy atom. The SMILES string of the molecule is CCC1(CC)CNC(C)(C)CN1Cc1ccc(F)c(Br)c1. The summed E-state index contributed by atoms with van der Waals surface area (Å²) >= 11 is 3.29. The van der Waals surface area contributed by atoms with E-state index in [2.05, 4.69) is 53.8 Å². The molecule has 0 bridgehead atoms. The van der Waals surface area contributed by atoms with Gasteiger partial charge in [-0.2, -0.15) is 0 Å². The van der Waals surface area contributed by atoms with E-state index >= 15 is 0 Å². The average Bonchev–Trinajstić information content (AvgIpc) is 2.43. The van der Waals surface area contributed by atoms with Crippen molar-refractivity contribution in [3.8, 4) is 0 Å². The summed E-state index contributed by atoms with van der Waals surface area (Å²) in [6, 6.07) is 5.35. The Hall–Kier alpha value is -0.450. The zero-order valence-electron chi connectivity index (χ0n) is 13.5. The minimum Gasteiger partial charge on any atom is -0.309 e. The van der Waals surface area contributed by atoms with Crippen LogP contribution in [0.4, 0.5) is 4.39 Å². The third-order valence-electron chi connectivity index (χ3n) is 4.83. The predicted octanol–water partition coefficient (Wildman–Crippen LogP) is 4.33. The maximum atomic E-state index is 13.4. The van der Waals surface area contributed by atoms with Gasteiger partial charge in [-0.25, -0.2) is 4.39 Å². The van der Waals surface area contributed by atoms with Crippen molar-refractivity contribution in [2.45, 2.75) is 58.2 Å². The number of piperazine rings is 1. The number of hydrogen-bond donors (Lipinski definition) is 1. The molecule has 1 N–H and O–H groups in total. The van der Waals surface area contributed by atoms with Crippen LogP contribution in [0.25, 0.3) is 0 Å². The number of rotatable bonds is 4. The van der Waals surface area contributed by atoms with Crippen molar-refractivity contribution in [2.24, 2.45) is 0 Å². The molecule has 1 saturated heterocycles. The van der Waals surface area contributed by atoms with Gasteiger partial charge in [0, 0.05) is 30.7 Å². The van der Waals surface area contributed by atoms with Crippen LogP contribution in [-0.4, -0.2) is 29.1 Å². The van der Waals surface area contributed by atoms with Crippen LogP contribution in [0.5, 0.6) is 0 Å². The van der Waals surface area contributed by atoms with Gasteiger partial charge < -0.3 is 5.32 Å². The van der Waals surface area contributed by atoms with Crippen LogP contribution in [0.3, 0.4) is 0 Å². The van der Waals surface area contributed by atoms with Crippen molar-refractivity contribution in [3.05, 3.63) is 34.1 Å². The van der Waals surface area contributed by atoms with Gasteiger partial charge in [0.2, 0.25) is 0 Å². The maximum Gasteiger partial charge on any atom is 0.137 e. The molecule has 0 radical (unpaired) electrons. The van der Waals surface area contributed by atoms with Gasteiger partial charge in [-0.3, -0.25) is 4.90 Å². The minimum atomic E-state index is -0.198. The fraction of sp³-hybridized carbons (Fsp3) is 0.647. The van der Waals surface area contributed by atoms with Gasteiger partial charge >= 0.3 is 0 Å². The third kappa shape index (κ3) is 3.66. The van der Waals surface area contributed by atoms with Crippen LogP contribution in [0.2, 0.25) is 0 Å². The molecule has 0 unspecified atom stereocenters. The lowest BCUT2D eigenvalue weighted by Crippen LogP contribution is -2.67. The summed E-state index contributed by atoms with van der Waals surface area (Å²) in [4.78, 5) is 2.57. The molecule has 1 heterocycles. The van der Waals surface area contributed by atoms with Crippen LogP contribution in [-0.2, 0) is 6.54 Å². The van der Waals surface area contributed by atoms with Crippen LogP contribution >= 0.6 is 15.9 Å². The highest BCUT2D eigenvalue weighted by Crippen LogP contribution is 2.32. The Labute approximate surface area is 136 Å². The Morgan fingerprint density at radius 2 is 1.95 bits per heavy atom. The molecule has 1 aromatic rings. The summed E-state index contributed by atoms with van der Waals surface area (Å²) in [6.07, 6.45) is 2.24. The quantitative estimate of drug-likeness (QED) is 0.863. The molecular formula is C17H26BrFN2. The molecule has 1 aliphatic heterocycles. The van der Waals surface area contributed by atoms with E-state index in [0.29, 0.717) is 4.47 Å². The van der Waals surface area contributed by atoms with Gasteiger partial charge in [0.1, 0.15) is 5.82 Å². The summed E-state index contributed by atoms with van der Waals surface area (Å²) < 4.78 is 14.0. The van der Waals surface area contributed by atoms with Gasteiger partial charge in [0.15, 0.2) is 0 Å². The van der Waals surface area contributed by atoms with E-state index in [-0.39, 0.29) is 16.9 Å². The molecular weight excluding hydrogens is 331 g/mol. The average molecular weight is 357 g/mol. The molecule has 0 aliphatic carbocycles. The van der Waals surface area contributed by atoms with E-state index in [4.69, 9.17) is 0 Å². The second-order valence-electron chi connectivity index (χ2n) is 6.77. The van der Waals surface area contributed by atoms with Gasteiger partial charge in [0.05, 0.1) is 4.47 Å². The summed E-state index contributed by atoms with van der Waals surface area (Å²) in [5, 5.41) is 3.68. The molecule has 0 atom stereocenters. The first kappa shape index (κ1) is 16.9. The first-order valence-corrected chi connectivity index (χ1v) is 8.55. The molecule has 0 saturated carbocycles. The highest BCUT2D eigenvalue weighted by atomic mass is 79.9. The molecule has 0 amide bonds. The van der Waals surface area contributed by atoms with Crippen molar-refractivity contribution in [3.63, 3.8) is 0 Å². The lowest BCUT2D eigenvalue weighted by Gasteiger charge is -2.52. The zero-order valence-corrected chi connectivity index (χ0v) is 15.1. The van der Waals surface area contributed by atoms with E-state index in [1.807, 2.05) is 12.1 Å². The lowest BCUT2D eigenvalue weighted by molar-refractivity contribution is 0.00231. The molecule has 1 fully saturated rings. The molecule has 2 rings (SSSR count). The summed E-state index contributed by atoms with van der Waals surface area (Å²) in [7, 11) is 0. The highest BCUT2D eigenvalue weighted by Gasteiger charge is 2.41. The monoisotopic (exact) mass is 356 g/mol. The van der Waals surface area contributed by atoms with Gasteiger partial charge in [-0.15, -0.1) is 0 Å². The minimum absolute atomic E-state index is 0.116. The predicted molar refractivity (Wildman–Crippen MR) is 89.9 cm³/mol. The van der Waals surface area contributed by atoms with Crippen LogP contribution < -0.4 is 5.32 Å². The topological polar surface area (TPSA) is 15.3 Å². The number of halogens is 2. The first-order valence-electron chi connectivity index (χ1n) is 7.76. The number of nitrogens with one attached hydrogen (secondary N) is 1. The fourth-order valence-corrected chi connectivity index (χ4v) is 3.67. The third-order valence-corrected chi connectivity index (χ3v) is 5.43. The van der Waals surface area contributed by atoms with E-state index < -0.39 is 0 Å². The Morgan fingerprint density at radius 3 is 2.52 bits per heavy atom.